The minimum atomic E-state index is -0.0990. The summed E-state index contributed by atoms with van der Waals surface area (Å²) < 4.78 is 5.14. The summed E-state index contributed by atoms with van der Waals surface area (Å²) in [5.41, 5.74) is 0. The highest BCUT2D eigenvalue weighted by atomic mass is 16.5. The van der Waals surface area contributed by atoms with Crippen LogP contribution in [0, 0.1) is 5.92 Å². The fourth-order valence-corrected chi connectivity index (χ4v) is 2.82. The minimum absolute atomic E-state index is 0.0723. The van der Waals surface area contributed by atoms with Gasteiger partial charge in [0.1, 0.15) is 6.04 Å². The first-order valence-electron chi connectivity index (χ1n) is 7.63. The predicted octanol–water partition coefficient (Wildman–Crippen LogP) is 3.28. The summed E-state index contributed by atoms with van der Waals surface area (Å²) in [5, 5.41) is 3.51. The zero-order valence-electron chi connectivity index (χ0n) is 12.2. The van der Waals surface area contributed by atoms with Crippen molar-refractivity contribution >= 4 is 5.97 Å². The zero-order valence-corrected chi connectivity index (χ0v) is 12.2. The molecule has 1 saturated carbocycles. The van der Waals surface area contributed by atoms with E-state index >= 15 is 0 Å². The summed E-state index contributed by atoms with van der Waals surface area (Å²) in [6, 6.07) is 0.409. The number of esters is 1. The molecule has 18 heavy (non-hydrogen) atoms. The molecule has 0 radical (unpaired) electrons. The van der Waals surface area contributed by atoms with Crippen molar-refractivity contribution in [1.29, 1.82) is 0 Å². The molecule has 0 saturated heterocycles. The quantitative estimate of drug-likeness (QED) is 0.710. The standard InChI is InChI=1S/C15H29NO2/c1-4-7-14(15(17)18-6-3)16-13-10-8-12(5-2)9-11-13/h12-14,16H,4-11H2,1-3H3. The van der Waals surface area contributed by atoms with Crippen LogP contribution in [0.3, 0.4) is 0 Å². The molecule has 1 aliphatic rings. The van der Waals surface area contributed by atoms with Gasteiger partial charge in [0.2, 0.25) is 0 Å². The first-order valence-corrected chi connectivity index (χ1v) is 7.63. The number of ether oxygens (including phenoxy) is 1. The monoisotopic (exact) mass is 255 g/mol. The normalized spacial score (nSPS) is 25.7. The first-order chi connectivity index (χ1) is 8.71. The third-order valence-electron chi connectivity index (χ3n) is 4.01. The van der Waals surface area contributed by atoms with Crippen molar-refractivity contribution in [3.8, 4) is 0 Å². The van der Waals surface area contributed by atoms with E-state index in [0.717, 1.165) is 18.8 Å². The Morgan fingerprint density at radius 2 is 1.89 bits per heavy atom. The van der Waals surface area contributed by atoms with Crippen LogP contribution in [0.5, 0.6) is 0 Å². The average Bonchev–Trinajstić information content (AvgIpc) is 2.39. The van der Waals surface area contributed by atoms with E-state index in [0.29, 0.717) is 12.6 Å². The smallest absolute Gasteiger partial charge is 0.323 e. The maximum absolute atomic E-state index is 11.8. The molecule has 0 aromatic carbocycles. The lowest BCUT2D eigenvalue weighted by Crippen LogP contribution is -2.45. The predicted molar refractivity (Wildman–Crippen MR) is 74.5 cm³/mol. The van der Waals surface area contributed by atoms with E-state index in [9.17, 15) is 4.79 Å². The minimum Gasteiger partial charge on any atom is -0.465 e. The second-order valence-corrected chi connectivity index (χ2v) is 5.39. The molecule has 0 aliphatic heterocycles. The van der Waals surface area contributed by atoms with Crippen LogP contribution in [-0.4, -0.2) is 24.7 Å². The Balaban J connectivity index is 2.39. The van der Waals surface area contributed by atoms with Gasteiger partial charge in [-0.1, -0.05) is 26.7 Å². The fourth-order valence-electron chi connectivity index (χ4n) is 2.82. The molecule has 1 aliphatic carbocycles. The van der Waals surface area contributed by atoms with Crippen LogP contribution in [0.15, 0.2) is 0 Å². The van der Waals surface area contributed by atoms with Crippen LogP contribution in [0.2, 0.25) is 0 Å². The van der Waals surface area contributed by atoms with Gasteiger partial charge in [-0.2, -0.15) is 0 Å². The molecule has 0 bridgehead atoms. The van der Waals surface area contributed by atoms with Gasteiger partial charge in [-0.3, -0.25) is 4.79 Å². The number of hydrogen-bond acceptors (Lipinski definition) is 3. The molecule has 0 spiro atoms. The Hall–Kier alpha value is -0.570. The van der Waals surface area contributed by atoms with Crippen molar-refractivity contribution in [2.24, 2.45) is 5.92 Å². The van der Waals surface area contributed by atoms with Crippen molar-refractivity contribution in [3.05, 3.63) is 0 Å². The van der Waals surface area contributed by atoms with Crippen LogP contribution >= 0.6 is 0 Å². The molecule has 0 heterocycles. The van der Waals surface area contributed by atoms with E-state index in [1.807, 2.05) is 6.92 Å². The van der Waals surface area contributed by atoms with E-state index in [-0.39, 0.29) is 12.0 Å². The van der Waals surface area contributed by atoms with Crippen molar-refractivity contribution in [1.82, 2.24) is 5.32 Å². The summed E-state index contributed by atoms with van der Waals surface area (Å²) in [6.07, 6.45) is 8.21. The van der Waals surface area contributed by atoms with Gasteiger partial charge in [-0.15, -0.1) is 0 Å². The molecule has 0 amide bonds. The molecule has 1 N–H and O–H groups in total. The van der Waals surface area contributed by atoms with Gasteiger partial charge in [0.05, 0.1) is 6.61 Å². The van der Waals surface area contributed by atoms with E-state index in [1.165, 1.54) is 32.1 Å². The Bertz CT molecular complexity index is 235. The Morgan fingerprint density at radius 1 is 1.22 bits per heavy atom. The molecule has 106 valence electrons. The van der Waals surface area contributed by atoms with Gasteiger partial charge in [0, 0.05) is 6.04 Å². The molecule has 1 fully saturated rings. The van der Waals surface area contributed by atoms with E-state index < -0.39 is 0 Å². The van der Waals surface area contributed by atoms with Crippen molar-refractivity contribution in [2.75, 3.05) is 6.61 Å². The van der Waals surface area contributed by atoms with Gasteiger partial charge in [0.25, 0.3) is 0 Å². The van der Waals surface area contributed by atoms with Crippen LogP contribution in [0.25, 0.3) is 0 Å². The highest BCUT2D eigenvalue weighted by Gasteiger charge is 2.25. The lowest BCUT2D eigenvalue weighted by atomic mass is 9.84. The molecule has 3 heteroatoms. The van der Waals surface area contributed by atoms with Gasteiger partial charge in [-0.05, 0) is 44.9 Å². The first kappa shape index (κ1) is 15.5. The molecular weight excluding hydrogens is 226 g/mol. The Labute approximate surface area is 112 Å². The van der Waals surface area contributed by atoms with Crippen molar-refractivity contribution in [2.45, 2.75) is 77.8 Å². The number of carbonyl (C=O) groups excluding carboxylic acids is 1. The largest absolute Gasteiger partial charge is 0.465 e. The average molecular weight is 255 g/mol. The number of nitrogens with one attached hydrogen (secondary N) is 1. The SMILES string of the molecule is CCCC(NC1CCC(CC)CC1)C(=O)OCC. The summed E-state index contributed by atoms with van der Waals surface area (Å²) >= 11 is 0. The fraction of sp³-hybridized carbons (Fsp3) is 0.933. The number of rotatable bonds is 7. The van der Waals surface area contributed by atoms with Crippen LogP contribution in [0.1, 0.15) is 65.7 Å². The summed E-state index contributed by atoms with van der Waals surface area (Å²) in [4.78, 5) is 11.8. The third-order valence-corrected chi connectivity index (χ3v) is 4.01. The topological polar surface area (TPSA) is 38.3 Å². The molecule has 0 aromatic rings. The van der Waals surface area contributed by atoms with Crippen molar-refractivity contribution in [3.63, 3.8) is 0 Å². The highest BCUT2D eigenvalue weighted by Crippen LogP contribution is 2.26. The zero-order chi connectivity index (χ0) is 13.4. The summed E-state index contributed by atoms with van der Waals surface area (Å²) in [6.45, 7) is 6.73. The number of hydrogen-bond donors (Lipinski definition) is 1. The van der Waals surface area contributed by atoms with Gasteiger partial charge >= 0.3 is 5.97 Å². The third kappa shape index (κ3) is 4.97. The highest BCUT2D eigenvalue weighted by molar-refractivity contribution is 5.75. The molecular formula is C15H29NO2. The molecule has 0 aromatic heterocycles. The summed E-state index contributed by atoms with van der Waals surface area (Å²) in [5.74, 6) is 0.826. The molecule has 3 nitrogen and oxygen atoms in total. The van der Waals surface area contributed by atoms with Gasteiger partial charge < -0.3 is 10.1 Å². The summed E-state index contributed by atoms with van der Waals surface area (Å²) in [7, 11) is 0. The maximum Gasteiger partial charge on any atom is 0.323 e. The lowest BCUT2D eigenvalue weighted by Gasteiger charge is -2.31. The molecule has 1 atom stereocenters. The van der Waals surface area contributed by atoms with E-state index in [4.69, 9.17) is 4.74 Å². The Morgan fingerprint density at radius 3 is 2.39 bits per heavy atom. The van der Waals surface area contributed by atoms with E-state index in [1.54, 1.807) is 0 Å². The van der Waals surface area contributed by atoms with Crippen molar-refractivity contribution < 1.29 is 9.53 Å². The second kappa shape index (κ2) is 8.52. The second-order valence-electron chi connectivity index (χ2n) is 5.39. The van der Waals surface area contributed by atoms with Crippen LogP contribution in [-0.2, 0) is 9.53 Å². The van der Waals surface area contributed by atoms with Gasteiger partial charge in [-0.25, -0.2) is 0 Å². The van der Waals surface area contributed by atoms with E-state index in [2.05, 4.69) is 19.2 Å². The molecule has 1 unspecified atom stereocenters. The lowest BCUT2D eigenvalue weighted by molar-refractivity contribution is -0.146. The molecule has 1 rings (SSSR count). The van der Waals surface area contributed by atoms with Crippen LogP contribution < -0.4 is 5.32 Å². The Kier molecular flexibility index (Phi) is 7.33. The van der Waals surface area contributed by atoms with Crippen LogP contribution in [0.4, 0.5) is 0 Å². The maximum atomic E-state index is 11.8. The van der Waals surface area contributed by atoms with Gasteiger partial charge in [0.15, 0.2) is 0 Å². The number of carbonyl (C=O) groups is 1.